The second-order valence-electron chi connectivity index (χ2n) is 3.70. The number of furan rings is 1. The van der Waals surface area contributed by atoms with E-state index in [2.05, 4.69) is 20.7 Å². The first-order valence-electron chi connectivity index (χ1n) is 4.96. The van der Waals surface area contributed by atoms with Crippen molar-refractivity contribution in [3.05, 3.63) is 33.7 Å². The lowest BCUT2D eigenvalue weighted by atomic mass is 10.1. The molecular formula is C12H10BrFO3. The Kier molecular flexibility index (Phi) is 3.19. The molecule has 0 unspecified atom stereocenters. The molecule has 1 heterocycles. The van der Waals surface area contributed by atoms with Crippen molar-refractivity contribution in [2.75, 3.05) is 7.11 Å². The van der Waals surface area contributed by atoms with E-state index in [1.165, 1.54) is 13.2 Å². The summed E-state index contributed by atoms with van der Waals surface area (Å²) in [6.45, 7) is 1.66. The molecule has 0 fully saturated rings. The van der Waals surface area contributed by atoms with Crippen molar-refractivity contribution in [2.45, 2.75) is 13.3 Å². The summed E-state index contributed by atoms with van der Waals surface area (Å²) >= 11 is 3.22. The summed E-state index contributed by atoms with van der Waals surface area (Å²) in [4.78, 5) is 11.2. The van der Waals surface area contributed by atoms with Crippen LogP contribution in [0.1, 0.15) is 11.1 Å². The highest BCUT2D eigenvalue weighted by Gasteiger charge is 2.17. The molecule has 0 N–H and O–H groups in total. The van der Waals surface area contributed by atoms with E-state index in [1.54, 1.807) is 13.0 Å². The van der Waals surface area contributed by atoms with Crippen molar-refractivity contribution < 1.29 is 18.3 Å². The number of ether oxygens (including phenoxy) is 1. The van der Waals surface area contributed by atoms with Gasteiger partial charge in [-0.1, -0.05) is 0 Å². The molecule has 0 spiro atoms. The number of rotatable bonds is 2. The van der Waals surface area contributed by atoms with Gasteiger partial charge < -0.3 is 9.15 Å². The molecule has 2 aromatic rings. The molecule has 3 nitrogen and oxygen atoms in total. The first-order chi connectivity index (χ1) is 8.02. The SMILES string of the molecule is COC(=O)Cc1c(Br)oc2cc(C)c(F)cc12. The fourth-order valence-electron chi connectivity index (χ4n) is 1.62. The summed E-state index contributed by atoms with van der Waals surface area (Å²) in [7, 11) is 1.31. The Bertz CT molecular complexity index is 589. The van der Waals surface area contributed by atoms with E-state index >= 15 is 0 Å². The Balaban J connectivity index is 2.58. The molecule has 0 aliphatic heterocycles. The smallest absolute Gasteiger partial charge is 0.310 e. The predicted molar refractivity (Wildman–Crippen MR) is 64.3 cm³/mol. The zero-order chi connectivity index (χ0) is 12.6. The molecule has 0 aliphatic rings. The summed E-state index contributed by atoms with van der Waals surface area (Å²) in [5.74, 6) is -0.716. The van der Waals surface area contributed by atoms with Crippen molar-refractivity contribution in [2.24, 2.45) is 0 Å². The number of halogens is 2. The van der Waals surface area contributed by atoms with Crippen LogP contribution in [0.15, 0.2) is 21.2 Å². The maximum Gasteiger partial charge on any atom is 0.310 e. The molecule has 0 radical (unpaired) electrons. The lowest BCUT2D eigenvalue weighted by Gasteiger charge is -1.99. The van der Waals surface area contributed by atoms with Crippen LogP contribution in [0.5, 0.6) is 0 Å². The van der Waals surface area contributed by atoms with E-state index in [4.69, 9.17) is 4.42 Å². The molecule has 0 bridgehead atoms. The first kappa shape index (κ1) is 12.1. The van der Waals surface area contributed by atoms with Crippen molar-refractivity contribution in [3.63, 3.8) is 0 Å². The van der Waals surface area contributed by atoms with Crippen LogP contribution in [0.25, 0.3) is 11.0 Å². The monoisotopic (exact) mass is 300 g/mol. The van der Waals surface area contributed by atoms with Crippen molar-refractivity contribution >= 4 is 32.9 Å². The van der Waals surface area contributed by atoms with Gasteiger partial charge in [0, 0.05) is 10.9 Å². The van der Waals surface area contributed by atoms with Crippen LogP contribution in [-0.2, 0) is 16.0 Å². The molecule has 90 valence electrons. The maximum atomic E-state index is 13.5. The van der Waals surface area contributed by atoms with Gasteiger partial charge in [-0.3, -0.25) is 4.79 Å². The lowest BCUT2D eigenvalue weighted by Crippen LogP contribution is -2.04. The molecule has 5 heteroatoms. The van der Waals surface area contributed by atoms with Crippen LogP contribution in [0, 0.1) is 12.7 Å². The number of methoxy groups -OCH3 is 1. The van der Waals surface area contributed by atoms with E-state index in [9.17, 15) is 9.18 Å². The highest BCUT2D eigenvalue weighted by Crippen LogP contribution is 2.32. The number of esters is 1. The molecule has 1 aromatic carbocycles. The van der Waals surface area contributed by atoms with Gasteiger partial charge in [-0.2, -0.15) is 0 Å². The summed E-state index contributed by atoms with van der Waals surface area (Å²) < 4.78 is 23.9. The Morgan fingerprint density at radius 3 is 2.88 bits per heavy atom. The van der Waals surface area contributed by atoms with E-state index in [1.807, 2.05) is 0 Å². The quantitative estimate of drug-likeness (QED) is 0.798. The highest BCUT2D eigenvalue weighted by atomic mass is 79.9. The Hall–Kier alpha value is -1.36. The van der Waals surface area contributed by atoms with Crippen LogP contribution < -0.4 is 0 Å². The van der Waals surface area contributed by atoms with E-state index < -0.39 is 5.97 Å². The Morgan fingerprint density at radius 1 is 1.53 bits per heavy atom. The van der Waals surface area contributed by atoms with E-state index in [0.29, 0.717) is 26.8 Å². The van der Waals surface area contributed by atoms with Gasteiger partial charge in [-0.15, -0.1) is 0 Å². The zero-order valence-corrected chi connectivity index (χ0v) is 10.9. The minimum Gasteiger partial charge on any atom is -0.469 e. The number of benzene rings is 1. The topological polar surface area (TPSA) is 39.4 Å². The highest BCUT2D eigenvalue weighted by molar-refractivity contribution is 9.10. The van der Waals surface area contributed by atoms with Crippen LogP contribution in [0.2, 0.25) is 0 Å². The fraction of sp³-hybridized carbons (Fsp3) is 0.250. The normalized spacial score (nSPS) is 10.8. The largest absolute Gasteiger partial charge is 0.469 e. The van der Waals surface area contributed by atoms with Gasteiger partial charge in [0.15, 0.2) is 4.67 Å². The molecule has 0 saturated heterocycles. The standard InChI is InChI=1S/C12H10BrFO3/c1-6-3-10-7(4-9(6)14)8(12(13)17-10)5-11(15)16-2/h3-4H,5H2,1-2H3. The summed E-state index contributed by atoms with van der Waals surface area (Å²) in [5.41, 5.74) is 1.66. The van der Waals surface area contributed by atoms with Gasteiger partial charge in [0.25, 0.3) is 0 Å². The van der Waals surface area contributed by atoms with Crippen molar-refractivity contribution in [3.8, 4) is 0 Å². The maximum absolute atomic E-state index is 13.5. The van der Waals surface area contributed by atoms with Gasteiger partial charge in [0.1, 0.15) is 11.4 Å². The Morgan fingerprint density at radius 2 is 2.24 bits per heavy atom. The van der Waals surface area contributed by atoms with Crippen LogP contribution >= 0.6 is 15.9 Å². The second-order valence-corrected chi connectivity index (χ2v) is 4.43. The summed E-state index contributed by atoms with van der Waals surface area (Å²) in [6, 6.07) is 2.98. The number of hydrogen-bond acceptors (Lipinski definition) is 3. The van der Waals surface area contributed by atoms with E-state index in [0.717, 1.165) is 0 Å². The molecule has 2 rings (SSSR count). The third-order valence-electron chi connectivity index (χ3n) is 2.57. The van der Waals surface area contributed by atoms with Gasteiger partial charge in [0.2, 0.25) is 0 Å². The van der Waals surface area contributed by atoms with Gasteiger partial charge in [-0.25, -0.2) is 4.39 Å². The fourth-order valence-corrected chi connectivity index (χ4v) is 2.15. The number of fused-ring (bicyclic) bond motifs is 1. The van der Waals surface area contributed by atoms with Crippen LogP contribution in [-0.4, -0.2) is 13.1 Å². The lowest BCUT2D eigenvalue weighted by molar-refractivity contribution is -0.139. The van der Waals surface area contributed by atoms with Gasteiger partial charge >= 0.3 is 5.97 Å². The zero-order valence-electron chi connectivity index (χ0n) is 9.34. The number of hydrogen-bond donors (Lipinski definition) is 0. The summed E-state index contributed by atoms with van der Waals surface area (Å²) in [6.07, 6.45) is 0.0482. The number of carbonyl (C=O) groups excluding carboxylic acids is 1. The number of aryl methyl sites for hydroxylation is 1. The molecule has 0 atom stereocenters. The third kappa shape index (κ3) is 2.20. The van der Waals surface area contributed by atoms with E-state index in [-0.39, 0.29) is 12.2 Å². The molecule has 0 amide bonds. The van der Waals surface area contributed by atoms with Gasteiger partial charge in [-0.05, 0) is 40.5 Å². The first-order valence-corrected chi connectivity index (χ1v) is 5.76. The van der Waals surface area contributed by atoms with Crippen LogP contribution in [0.4, 0.5) is 4.39 Å². The minimum absolute atomic E-state index is 0.0482. The molecule has 1 aromatic heterocycles. The third-order valence-corrected chi connectivity index (χ3v) is 3.21. The predicted octanol–water partition coefficient (Wildman–Crippen LogP) is 3.36. The van der Waals surface area contributed by atoms with Gasteiger partial charge in [0.05, 0.1) is 13.5 Å². The van der Waals surface area contributed by atoms with Crippen molar-refractivity contribution in [1.82, 2.24) is 0 Å². The molecular weight excluding hydrogens is 291 g/mol. The Labute approximate surface area is 106 Å². The average molecular weight is 301 g/mol. The van der Waals surface area contributed by atoms with Crippen molar-refractivity contribution in [1.29, 1.82) is 0 Å². The molecule has 0 aliphatic carbocycles. The van der Waals surface area contributed by atoms with Crippen LogP contribution in [0.3, 0.4) is 0 Å². The molecule has 17 heavy (non-hydrogen) atoms. The average Bonchev–Trinajstić information content (AvgIpc) is 2.56. The second kappa shape index (κ2) is 4.49. The molecule has 0 saturated carbocycles. The number of carbonyl (C=O) groups is 1. The minimum atomic E-state index is -0.394. The summed E-state index contributed by atoms with van der Waals surface area (Å²) in [5, 5.41) is 0.588.